The van der Waals surface area contributed by atoms with Gasteiger partial charge in [0.1, 0.15) is 30.5 Å². The molecular formula is C26H34O9. The average Bonchev–Trinajstić information content (AvgIpc) is 2.98. The summed E-state index contributed by atoms with van der Waals surface area (Å²) in [5.74, 6) is -2.96. The van der Waals surface area contributed by atoms with Gasteiger partial charge in [-0.15, -0.1) is 0 Å². The SMILES string of the molecule is C=C1[C@@H]2CC[C@H]3[C@]4(CC[C@H](OC(C)=O)[C@@](C)(COC(C)=O)[C@@H]4C=O)COC(=O)[C@]3(C2)[C@@H]1OC(C)=O. The normalized spacial score (nSPS) is 42.0. The van der Waals surface area contributed by atoms with Crippen molar-refractivity contribution in [2.24, 2.45) is 34.0 Å². The summed E-state index contributed by atoms with van der Waals surface area (Å²) in [5, 5.41) is 0. The Kier molecular flexibility index (Phi) is 6.34. The van der Waals surface area contributed by atoms with E-state index in [-0.39, 0.29) is 25.0 Å². The number of hydrogen-bond acceptors (Lipinski definition) is 9. The maximum atomic E-state index is 13.5. The molecular weight excluding hydrogens is 456 g/mol. The standard InChI is InChI=1S/C26H34O9/c1-14-18-6-7-19-25(13-33-23(31)26(19,10-18)22(14)35-17(4)30)9-8-21(34-16(3)29)24(5,20(25)11-27)12-32-15(2)28/h11,18-22H,1,6-10,12-13H2,2-5H3/t18-,19+,20+,21+,22-,24+,25+,26+/m1/s1. The number of rotatable bonds is 5. The van der Waals surface area contributed by atoms with E-state index in [4.69, 9.17) is 18.9 Å². The van der Waals surface area contributed by atoms with Gasteiger partial charge in [0.05, 0.1) is 6.61 Å². The van der Waals surface area contributed by atoms with Crippen LogP contribution in [-0.2, 0) is 42.9 Å². The summed E-state index contributed by atoms with van der Waals surface area (Å²) < 4.78 is 22.6. The van der Waals surface area contributed by atoms with E-state index in [0.717, 1.165) is 18.3 Å². The largest absolute Gasteiger partial charge is 0.465 e. The van der Waals surface area contributed by atoms with Crippen LogP contribution in [-0.4, -0.2) is 55.6 Å². The van der Waals surface area contributed by atoms with Gasteiger partial charge in [0.15, 0.2) is 0 Å². The number of fused-ring (bicyclic) bond motifs is 2. The fraction of sp³-hybridized carbons (Fsp3) is 0.731. The van der Waals surface area contributed by atoms with E-state index in [0.29, 0.717) is 25.7 Å². The van der Waals surface area contributed by atoms with Crippen molar-refractivity contribution in [3.63, 3.8) is 0 Å². The molecule has 0 aromatic carbocycles. The molecule has 35 heavy (non-hydrogen) atoms. The summed E-state index contributed by atoms with van der Waals surface area (Å²) in [6.45, 7) is 9.76. The molecule has 0 unspecified atom stereocenters. The van der Waals surface area contributed by atoms with Crippen LogP contribution in [0.2, 0.25) is 0 Å². The lowest BCUT2D eigenvalue weighted by Crippen LogP contribution is -2.67. The van der Waals surface area contributed by atoms with E-state index in [1.807, 2.05) is 0 Å². The van der Waals surface area contributed by atoms with Crippen LogP contribution < -0.4 is 0 Å². The highest BCUT2D eigenvalue weighted by Crippen LogP contribution is 2.69. The minimum absolute atomic E-state index is 0.0219. The first kappa shape index (κ1) is 25.4. The topological polar surface area (TPSA) is 122 Å². The molecule has 4 rings (SSSR count). The number of hydrogen-bond donors (Lipinski definition) is 0. The van der Waals surface area contributed by atoms with Gasteiger partial charge >= 0.3 is 23.9 Å². The van der Waals surface area contributed by atoms with Crippen LogP contribution in [0, 0.1) is 34.0 Å². The molecule has 1 aliphatic heterocycles. The van der Waals surface area contributed by atoms with Gasteiger partial charge in [-0.1, -0.05) is 13.5 Å². The summed E-state index contributed by atoms with van der Waals surface area (Å²) in [6, 6.07) is 0. The Hall–Kier alpha value is -2.71. The molecule has 9 heteroatoms. The van der Waals surface area contributed by atoms with Crippen molar-refractivity contribution in [3.05, 3.63) is 12.2 Å². The maximum absolute atomic E-state index is 13.5. The van der Waals surface area contributed by atoms with Gasteiger partial charge in [0, 0.05) is 37.5 Å². The highest BCUT2D eigenvalue weighted by molar-refractivity contribution is 5.82. The third-order valence-corrected chi connectivity index (χ3v) is 9.14. The summed E-state index contributed by atoms with van der Waals surface area (Å²) in [4.78, 5) is 62.0. The quantitative estimate of drug-likeness (QED) is 0.248. The minimum Gasteiger partial charge on any atom is -0.465 e. The lowest BCUT2D eigenvalue weighted by Gasteiger charge is -2.62. The number of ether oxygens (including phenoxy) is 4. The van der Waals surface area contributed by atoms with E-state index < -0.39 is 58.2 Å². The average molecular weight is 491 g/mol. The van der Waals surface area contributed by atoms with Gasteiger partial charge in [0.25, 0.3) is 0 Å². The van der Waals surface area contributed by atoms with Crippen LogP contribution in [0.3, 0.4) is 0 Å². The zero-order valence-corrected chi connectivity index (χ0v) is 20.8. The van der Waals surface area contributed by atoms with Gasteiger partial charge in [0.2, 0.25) is 0 Å². The fourth-order valence-corrected chi connectivity index (χ4v) is 7.76. The third-order valence-electron chi connectivity index (χ3n) is 9.14. The number of cyclic esters (lactones) is 1. The summed E-state index contributed by atoms with van der Waals surface area (Å²) >= 11 is 0. The molecule has 0 N–H and O–H groups in total. The van der Waals surface area contributed by atoms with Crippen LogP contribution in [0.15, 0.2) is 12.2 Å². The van der Waals surface area contributed by atoms with E-state index in [1.54, 1.807) is 6.92 Å². The second-order valence-corrected chi connectivity index (χ2v) is 11.0. The molecule has 0 amide bonds. The Morgan fingerprint density at radius 3 is 2.37 bits per heavy atom. The Labute approximate surface area is 204 Å². The number of carbonyl (C=O) groups excluding carboxylic acids is 5. The zero-order valence-electron chi connectivity index (χ0n) is 20.8. The van der Waals surface area contributed by atoms with Crippen molar-refractivity contribution in [2.45, 2.75) is 72.0 Å². The van der Waals surface area contributed by atoms with Crippen LogP contribution in [0.5, 0.6) is 0 Å². The molecule has 4 aliphatic rings. The zero-order chi connectivity index (χ0) is 25.8. The van der Waals surface area contributed by atoms with E-state index in [1.165, 1.54) is 20.8 Å². The Morgan fingerprint density at radius 1 is 1.09 bits per heavy atom. The molecule has 2 spiro atoms. The predicted octanol–water partition coefficient (Wildman–Crippen LogP) is 2.54. The first-order chi connectivity index (χ1) is 16.4. The van der Waals surface area contributed by atoms with E-state index >= 15 is 0 Å². The highest BCUT2D eigenvalue weighted by Gasteiger charge is 2.74. The molecule has 0 aromatic heterocycles. The van der Waals surface area contributed by atoms with Crippen molar-refractivity contribution in [3.8, 4) is 0 Å². The molecule has 0 aromatic rings. The maximum Gasteiger partial charge on any atom is 0.316 e. The Bertz CT molecular complexity index is 972. The highest BCUT2D eigenvalue weighted by atomic mass is 16.6. The molecule has 9 nitrogen and oxygen atoms in total. The summed E-state index contributed by atoms with van der Waals surface area (Å²) in [5.41, 5.74) is -2.24. The van der Waals surface area contributed by atoms with Crippen molar-refractivity contribution in [1.29, 1.82) is 0 Å². The molecule has 0 radical (unpaired) electrons. The number of esters is 4. The second-order valence-electron chi connectivity index (χ2n) is 11.0. The molecule has 192 valence electrons. The smallest absolute Gasteiger partial charge is 0.316 e. The van der Waals surface area contributed by atoms with Crippen LogP contribution >= 0.6 is 0 Å². The summed E-state index contributed by atoms with van der Waals surface area (Å²) in [6.07, 6.45) is 2.09. The first-order valence-corrected chi connectivity index (χ1v) is 12.2. The minimum atomic E-state index is -1.12. The fourth-order valence-electron chi connectivity index (χ4n) is 7.76. The van der Waals surface area contributed by atoms with Crippen molar-refractivity contribution < 1.29 is 42.9 Å². The monoisotopic (exact) mass is 490 g/mol. The lowest BCUT2D eigenvalue weighted by molar-refractivity contribution is -0.240. The number of aldehydes is 1. The number of carbonyl (C=O) groups is 5. The molecule has 8 atom stereocenters. The van der Waals surface area contributed by atoms with Crippen molar-refractivity contribution in [1.82, 2.24) is 0 Å². The third kappa shape index (κ3) is 3.69. The molecule has 1 heterocycles. The molecule has 3 saturated carbocycles. The van der Waals surface area contributed by atoms with E-state index in [9.17, 15) is 24.0 Å². The van der Waals surface area contributed by atoms with Crippen LogP contribution in [0.25, 0.3) is 0 Å². The van der Waals surface area contributed by atoms with Gasteiger partial charge in [-0.2, -0.15) is 0 Å². The van der Waals surface area contributed by atoms with Gasteiger partial charge in [-0.25, -0.2) is 0 Å². The molecule has 2 bridgehead atoms. The second kappa shape index (κ2) is 8.75. The van der Waals surface area contributed by atoms with Crippen molar-refractivity contribution >= 4 is 30.2 Å². The lowest BCUT2D eigenvalue weighted by atomic mass is 9.44. The van der Waals surface area contributed by atoms with Crippen molar-refractivity contribution in [2.75, 3.05) is 13.2 Å². The Balaban J connectivity index is 1.82. The summed E-state index contributed by atoms with van der Waals surface area (Å²) in [7, 11) is 0. The van der Waals surface area contributed by atoms with E-state index in [2.05, 4.69) is 6.58 Å². The molecule has 3 aliphatic carbocycles. The molecule has 1 saturated heterocycles. The Morgan fingerprint density at radius 2 is 1.77 bits per heavy atom. The van der Waals surface area contributed by atoms with Gasteiger partial charge in [-0.3, -0.25) is 19.2 Å². The van der Waals surface area contributed by atoms with Crippen LogP contribution in [0.4, 0.5) is 0 Å². The predicted molar refractivity (Wildman–Crippen MR) is 120 cm³/mol. The first-order valence-electron chi connectivity index (χ1n) is 12.2. The molecule has 4 fully saturated rings. The van der Waals surface area contributed by atoms with Gasteiger partial charge < -0.3 is 23.7 Å². The van der Waals surface area contributed by atoms with Gasteiger partial charge in [-0.05, 0) is 49.5 Å². The van der Waals surface area contributed by atoms with Crippen LogP contribution in [0.1, 0.15) is 59.8 Å².